The molecule has 2 aromatic rings. The molecule has 0 spiro atoms. The molecule has 1 aliphatic heterocycles. The summed E-state index contributed by atoms with van der Waals surface area (Å²) in [6, 6.07) is 9.75. The highest BCUT2D eigenvalue weighted by molar-refractivity contribution is 7.93. The fourth-order valence-electron chi connectivity index (χ4n) is 2.87. The molecule has 0 aliphatic carbocycles. The second-order valence-electron chi connectivity index (χ2n) is 5.45. The highest BCUT2D eigenvalue weighted by Crippen LogP contribution is 2.44. The summed E-state index contributed by atoms with van der Waals surface area (Å²) in [5.41, 5.74) is 5.60. The topological polar surface area (TPSA) is 37.4 Å². The van der Waals surface area contributed by atoms with E-state index in [4.69, 9.17) is 0 Å². The van der Waals surface area contributed by atoms with Crippen molar-refractivity contribution >= 4 is 15.7 Å². The number of hydrogen-bond donors (Lipinski definition) is 0. The predicted molar refractivity (Wildman–Crippen MR) is 81.7 cm³/mol. The number of fused-ring (bicyclic) bond motifs is 3. The van der Waals surface area contributed by atoms with Crippen LogP contribution in [0.3, 0.4) is 0 Å². The molecule has 3 rings (SSSR count). The summed E-state index contributed by atoms with van der Waals surface area (Å²) in [5, 5.41) is 0. The molecule has 0 fully saturated rings. The van der Waals surface area contributed by atoms with Gasteiger partial charge in [-0.05, 0) is 49.6 Å². The van der Waals surface area contributed by atoms with E-state index in [0.717, 1.165) is 33.5 Å². The van der Waals surface area contributed by atoms with Crippen LogP contribution in [0.4, 0.5) is 5.69 Å². The monoisotopic (exact) mass is 287 g/mol. The van der Waals surface area contributed by atoms with Gasteiger partial charge in [-0.15, -0.1) is 0 Å². The van der Waals surface area contributed by atoms with Crippen molar-refractivity contribution in [1.29, 1.82) is 0 Å². The lowest BCUT2D eigenvalue weighted by Crippen LogP contribution is -2.31. The van der Waals surface area contributed by atoms with Crippen molar-refractivity contribution in [2.45, 2.75) is 25.7 Å². The molecule has 4 heteroatoms. The Morgan fingerprint density at radius 3 is 2.35 bits per heavy atom. The Morgan fingerprint density at radius 2 is 1.65 bits per heavy atom. The maximum Gasteiger partial charge on any atom is 0.264 e. The molecule has 1 aliphatic rings. The summed E-state index contributed by atoms with van der Waals surface area (Å²) in [4.78, 5) is 0.411. The molecule has 0 N–H and O–H groups in total. The molecule has 0 bridgehead atoms. The zero-order valence-corrected chi connectivity index (χ0v) is 12.9. The largest absolute Gasteiger partial charge is 0.269 e. The molecular weight excluding hydrogens is 270 g/mol. The highest BCUT2D eigenvalue weighted by Gasteiger charge is 2.33. The third-order valence-electron chi connectivity index (χ3n) is 3.84. The van der Waals surface area contributed by atoms with E-state index in [9.17, 15) is 8.42 Å². The zero-order valence-electron chi connectivity index (χ0n) is 12.1. The Morgan fingerprint density at radius 1 is 0.950 bits per heavy atom. The Hall–Kier alpha value is -1.81. The van der Waals surface area contributed by atoms with Crippen LogP contribution in [0.15, 0.2) is 35.2 Å². The first-order chi connectivity index (χ1) is 9.32. The van der Waals surface area contributed by atoms with Crippen LogP contribution >= 0.6 is 0 Å². The van der Waals surface area contributed by atoms with E-state index in [1.807, 2.05) is 45.0 Å². The van der Waals surface area contributed by atoms with Crippen molar-refractivity contribution in [2.75, 3.05) is 11.4 Å². The van der Waals surface area contributed by atoms with Crippen LogP contribution in [-0.4, -0.2) is 15.5 Å². The average Bonchev–Trinajstić information content (AvgIpc) is 2.36. The fraction of sp³-hybridized carbons (Fsp3) is 0.250. The first kappa shape index (κ1) is 13.2. The van der Waals surface area contributed by atoms with Crippen LogP contribution in [0, 0.1) is 20.8 Å². The Balaban J connectivity index is 2.49. The molecular formula is C16H17NO2S. The number of rotatable bonds is 0. The minimum Gasteiger partial charge on any atom is -0.269 e. The summed E-state index contributed by atoms with van der Waals surface area (Å²) in [5.74, 6) is 0. The lowest BCUT2D eigenvalue weighted by molar-refractivity contribution is 0.593. The standard InChI is InChI=1S/C16H17NO2S/c1-10-5-6-13-14(8-10)17(4)20(18,19)15-9-11(2)7-12(3)16(13)15/h5-9H,1-4H3. The molecule has 20 heavy (non-hydrogen) atoms. The molecule has 0 saturated carbocycles. The maximum absolute atomic E-state index is 12.7. The first-order valence-corrected chi connectivity index (χ1v) is 7.97. The van der Waals surface area contributed by atoms with Gasteiger partial charge in [0.05, 0.1) is 10.6 Å². The summed E-state index contributed by atoms with van der Waals surface area (Å²) < 4.78 is 26.8. The van der Waals surface area contributed by atoms with Gasteiger partial charge in [0, 0.05) is 18.2 Å². The molecule has 0 amide bonds. The summed E-state index contributed by atoms with van der Waals surface area (Å²) in [6.45, 7) is 5.86. The Labute approximate surface area is 119 Å². The molecule has 3 nitrogen and oxygen atoms in total. The van der Waals surface area contributed by atoms with Crippen LogP contribution in [0.25, 0.3) is 11.1 Å². The molecule has 0 saturated heterocycles. The van der Waals surface area contributed by atoms with Crippen LogP contribution in [0.2, 0.25) is 0 Å². The van der Waals surface area contributed by atoms with Gasteiger partial charge in [0.2, 0.25) is 0 Å². The van der Waals surface area contributed by atoms with Crippen molar-refractivity contribution in [3.63, 3.8) is 0 Å². The second-order valence-corrected chi connectivity index (χ2v) is 7.39. The number of benzene rings is 2. The molecule has 0 unspecified atom stereocenters. The summed E-state index contributed by atoms with van der Waals surface area (Å²) in [6.07, 6.45) is 0. The fourth-order valence-corrected chi connectivity index (χ4v) is 4.44. The van der Waals surface area contributed by atoms with Crippen molar-refractivity contribution in [1.82, 2.24) is 0 Å². The number of nitrogens with zero attached hydrogens (tertiary/aromatic N) is 1. The van der Waals surface area contributed by atoms with E-state index in [1.54, 1.807) is 13.1 Å². The van der Waals surface area contributed by atoms with Gasteiger partial charge in [0.1, 0.15) is 0 Å². The van der Waals surface area contributed by atoms with Gasteiger partial charge in [-0.1, -0.05) is 18.2 Å². The second kappa shape index (κ2) is 4.09. The lowest BCUT2D eigenvalue weighted by atomic mass is 9.96. The number of hydrogen-bond acceptors (Lipinski definition) is 2. The summed E-state index contributed by atoms with van der Waals surface area (Å²) in [7, 11) is -1.84. The van der Waals surface area contributed by atoms with Crippen LogP contribution < -0.4 is 4.31 Å². The van der Waals surface area contributed by atoms with Crippen molar-refractivity contribution in [3.05, 3.63) is 47.0 Å². The Kier molecular flexibility index (Phi) is 2.70. The molecule has 0 atom stereocenters. The molecule has 0 aromatic heterocycles. The van der Waals surface area contributed by atoms with Gasteiger partial charge in [0.15, 0.2) is 0 Å². The van der Waals surface area contributed by atoms with E-state index in [0.29, 0.717) is 4.90 Å². The van der Waals surface area contributed by atoms with Crippen LogP contribution in [-0.2, 0) is 10.0 Å². The van der Waals surface area contributed by atoms with Gasteiger partial charge in [-0.2, -0.15) is 0 Å². The average molecular weight is 287 g/mol. The van der Waals surface area contributed by atoms with E-state index in [-0.39, 0.29) is 0 Å². The molecule has 1 heterocycles. The lowest BCUT2D eigenvalue weighted by Gasteiger charge is -2.30. The first-order valence-electron chi connectivity index (χ1n) is 6.53. The third kappa shape index (κ3) is 1.68. The number of sulfonamides is 1. The van der Waals surface area contributed by atoms with E-state index in [1.165, 1.54) is 4.31 Å². The predicted octanol–water partition coefficient (Wildman–Crippen LogP) is 3.42. The van der Waals surface area contributed by atoms with Gasteiger partial charge in [0.25, 0.3) is 10.0 Å². The van der Waals surface area contributed by atoms with Gasteiger partial charge >= 0.3 is 0 Å². The van der Waals surface area contributed by atoms with E-state index >= 15 is 0 Å². The molecule has 2 aromatic carbocycles. The minimum atomic E-state index is -3.46. The molecule has 0 radical (unpaired) electrons. The van der Waals surface area contributed by atoms with Crippen LogP contribution in [0.1, 0.15) is 16.7 Å². The Bertz CT molecular complexity index is 823. The highest BCUT2D eigenvalue weighted by atomic mass is 32.2. The van der Waals surface area contributed by atoms with Gasteiger partial charge in [-0.3, -0.25) is 4.31 Å². The maximum atomic E-state index is 12.7. The minimum absolute atomic E-state index is 0.411. The van der Waals surface area contributed by atoms with Crippen molar-refractivity contribution in [2.24, 2.45) is 0 Å². The number of anilines is 1. The zero-order chi connectivity index (χ0) is 14.7. The molecule has 104 valence electrons. The number of aryl methyl sites for hydroxylation is 3. The quantitative estimate of drug-likeness (QED) is 0.744. The van der Waals surface area contributed by atoms with Crippen molar-refractivity contribution < 1.29 is 8.42 Å². The van der Waals surface area contributed by atoms with E-state index < -0.39 is 10.0 Å². The van der Waals surface area contributed by atoms with Gasteiger partial charge in [-0.25, -0.2) is 8.42 Å². The van der Waals surface area contributed by atoms with E-state index in [2.05, 4.69) is 0 Å². The van der Waals surface area contributed by atoms with Crippen LogP contribution in [0.5, 0.6) is 0 Å². The SMILES string of the molecule is Cc1ccc2c(c1)N(C)S(=O)(=O)c1cc(C)cc(C)c1-2. The van der Waals surface area contributed by atoms with Crippen molar-refractivity contribution in [3.8, 4) is 11.1 Å². The summed E-state index contributed by atoms with van der Waals surface area (Å²) >= 11 is 0. The van der Waals surface area contributed by atoms with Gasteiger partial charge < -0.3 is 0 Å². The normalized spacial score (nSPS) is 15.7. The smallest absolute Gasteiger partial charge is 0.264 e. The third-order valence-corrected chi connectivity index (χ3v) is 5.64.